The number of likely N-dealkylation sites (N-methyl/N-ethyl adjacent to an activating group) is 1. The Morgan fingerprint density at radius 3 is 2.12 bits per heavy atom. The Morgan fingerprint density at radius 1 is 0.976 bits per heavy atom. The van der Waals surface area contributed by atoms with Gasteiger partial charge in [0.2, 0.25) is 5.88 Å². The molecule has 0 spiro atoms. The predicted octanol–water partition coefficient (Wildman–Crippen LogP) is 6.71. The quantitative estimate of drug-likeness (QED) is 0.292. The van der Waals surface area contributed by atoms with Crippen LogP contribution >= 0.6 is 0 Å². The topological polar surface area (TPSA) is 110 Å². The third-order valence-electron chi connectivity index (χ3n) is 7.76. The van der Waals surface area contributed by atoms with Gasteiger partial charge in [-0.25, -0.2) is 4.98 Å². The molecule has 1 aromatic carbocycles. The molecule has 232 valence electrons. The van der Waals surface area contributed by atoms with E-state index in [1.807, 2.05) is 6.92 Å². The van der Waals surface area contributed by atoms with Gasteiger partial charge in [0.25, 0.3) is 5.88 Å². The summed E-state index contributed by atoms with van der Waals surface area (Å²) in [7, 11) is 2.22. The molecule has 0 aliphatic carbocycles. The van der Waals surface area contributed by atoms with Crippen LogP contribution in [-0.2, 0) is 27.5 Å². The molecule has 4 rings (SSSR count). The van der Waals surface area contributed by atoms with Crippen LogP contribution in [0.25, 0.3) is 6.15 Å². The predicted molar refractivity (Wildman–Crippen MR) is 168 cm³/mol. The van der Waals surface area contributed by atoms with Crippen molar-refractivity contribution in [3.05, 3.63) is 35.6 Å². The maximum absolute atomic E-state index is 10.5. The molecule has 2 aliphatic heterocycles. The number of anilines is 3. The van der Waals surface area contributed by atoms with E-state index in [2.05, 4.69) is 89.8 Å². The fourth-order valence-corrected chi connectivity index (χ4v) is 5.35. The van der Waals surface area contributed by atoms with Crippen LogP contribution in [0, 0.1) is 6.92 Å². The number of rotatable bonds is 9. The van der Waals surface area contributed by atoms with E-state index in [0.717, 1.165) is 31.6 Å². The van der Waals surface area contributed by atoms with Crippen LogP contribution in [0.4, 0.5) is 17.2 Å². The molecule has 0 unspecified atom stereocenters. The van der Waals surface area contributed by atoms with Crippen molar-refractivity contribution in [3.8, 4) is 11.8 Å². The fourth-order valence-electron chi connectivity index (χ4n) is 5.35. The van der Waals surface area contributed by atoms with Gasteiger partial charge in [-0.05, 0) is 69.8 Å². The van der Waals surface area contributed by atoms with Crippen molar-refractivity contribution in [2.45, 2.75) is 92.2 Å². The minimum atomic E-state index is -0.101. The van der Waals surface area contributed by atoms with E-state index in [4.69, 9.17) is 4.74 Å². The van der Waals surface area contributed by atoms with Gasteiger partial charge in [0.05, 0.1) is 6.10 Å². The van der Waals surface area contributed by atoms with Crippen LogP contribution in [-0.4, -0.2) is 83.3 Å². The molecule has 0 amide bonds. The van der Waals surface area contributed by atoms with Crippen LogP contribution in [0.5, 0.6) is 11.8 Å². The first kappa shape index (κ1) is 37.1. The third-order valence-corrected chi connectivity index (χ3v) is 7.76. The van der Waals surface area contributed by atoms with E-state index in [1.54, 1.807) is 0 Å². The Hall–Kier alpha value is -1.93. The van der Waals surface area contributed by atoms with E-state index >= 15 is 0 Å². The third kappa shape index (κ3) is 10.4. The Bertz CT molecular complexity index is 1020. The van der Waals surface area contributed by atoms with Crippen molar-refractivity contribution < 1.29 is 30.9 Å². The van der Waals surface area contributed by atoms with Gasteiger partial charge in [-0.1, -0.05) is 41.0 Å². The number of ether oxygens (including phenoxy) is 1. The Balaban J connectivity index is 0.00000161. The van der Waals surface area contributed by atoms with Crippen molar-refractivity contribution in [3.63, 3.8) is 0 Å². The molecule has 3 heterocycles. The Labute approximate surface area is 263 Å². The maximum Gasteiger partial charge on any atom is 0.255 e. The van der Waals surface area contributed by atoms with Gasteiger partial charge >= 0.3 is 0 Å². The second kappa shape index (κ2) is 18.6. The molecule has 0 radical (unpaired) electrons. The van der Waals surface area contributed by atoms with E-state index < -0.39 is 0 Å². The van der Waals surface area contributed by atoms with Crippen molar-refractivity contribution in [2.24, 2.45) is 0 Å². The molecule has 10 heteroatoms. The van der Waals surface area contributed by atoms with Crippen molar-refractivity contribution in [2.75, 3.05) is 56.5 Å². The molecule has 2 saturated heterocycles. The van der Waals surface area contributed by atoms with E-state index in [1.165, 1.54) is 56.7 Å². The first-order chi connectivity index (χ1) is 18.8. The van der Waals surface area contributed by atoms with Gasteiger partial charge in [-0.15, -0.1) is 0 Å². The second-order valence-corrected chi connectivity index (χ2v) is 10.9. The maximum atomic E-state index is 10.5. The van der Waals surface area contributed by atoms with Gasteiger partial charge in [-0.3, -0.25) is 4.90 Å². The van der Waals surface area contributed by atoms with E-state index in [0.29, 0.717) is 29.9 Å². The zero-order valence-corrected chi connectivity index (χ0v) is 29.4. The van der Waals surface area contributed by atoms with Crippen molar-refractivity contribution in [1.29, 1.82) is 0 Å². The summed E-state index contributed by atoms with van der Waals surface area (Å²) in [6, 6.07) is 7.07. The summed E-state index contributed by atoms with van der Waals surface area (Å²) in [5.74, 6) is 0.729. The number of hydrogen-bond donors (Lipinski definition) is 2. The average Bonchev–Trinajstić information content (AvgIpc) is 2.94. The Morgan fingerprint density at radius 2 is 1.59 bits per heavy atom. The molecule has 9 nitrogen and oxygen atoms in total. The Kier molecular flexibility index (Phi) is 16.8. The standard InChI is InChI=1S/C28H44N6O2.C3H8.H2N.W/c1-6-23(7-2)36-28-24(8-3)30-27(35)26(31-28)29-21-9-10-25(20(4)19-21)34-13-11-22(12-14-34)33-17-15-32(5)16-18-33;1-3-2;;/h9-10,19,22-23H,6-8,11-18H2,1-5H3,(H,29,31)(H,30,35);3H2,1-2H3;1H2;/q;;-1;. The smallest absolute Gasteiger partial charge is 0.255 e. The van der Waals surface area contributed by atoms with Crippen LogP contribution in [0.15, 0.2) is 18.2 Å². The van der Waals surface area contributed by atoms with Crippen LogP contribution in [0.1, 0.15) is 78.0 Å². The summed E-state index contributed by atoms with van der Waals surface area (Å²) in [6.07, 6.45) is 6.22. The summed E-state index contributed by atoms with van der Waals surface area (Å²) in [4.78, 5) is 16.6. The largest absolute Gasteiger partial charge is 0.693 e. The van der Waals surface area contributed by atoms with Crippen LogP contribution < -0.4 is 15.0 Å². The molecular formula is C31H54N7O2W-. The molecule has 4 N–H and O–H groups in total. The number of aromatic nitrogens is 2. The van der Waals surface area contributed by atoms with Crippen LogP contribution in [0.3, 0.4) is 0 Å². The second-order valence-electron chi connectivity index (χ2n) is 10.9. The van der Waals surface area contributed by atoms with Crippen molar-refractivity contribution in [1.82, 2.24) is 19.8 Å². The van der Waals surface area contributed by atoms with Gasteiger partial charge in [0, 0.05) is 77.8 Å². The summed E-state index contributed by atoms with van der Waals surface area (Å²) >= 11 is 0. The number of piperidine rings is 1. The molecule has 41 heavy (non-hydrogen) atoms. The minimum Gasteiger partial charge on any atom is -0.693 e. The number of hydrogen-bond acceptors (Lipinski definition) is 8. The molecule has 0 atom stereocenters. The molecule has 0 bridgehead atoms. The number of aryl methyl sites for hydroxylation is 2. The molecule has 2 fully saturated rings. The van der Waals surface area contributed by atoms with Gasteiger partial charge in [0.15, 0.2) is 5.82 Å². The summed E-state index contributed by atoms with van der Waals surface area (Å²) in [5.41, 5.74) is 4.05. The summed E-state index contributed by atoms with van der Waals surface area (Å²) in [5, 5.41) is 13.8. The molecule has 0 saturated carbocycles. The monoisotopic (exact) mass is 740 g/mol. The number of piperazine rings is 1. The van der Waals surface area contributed by atoms with E-state index in [9.17, 15) is 5.11 Å². The van der Waals surface area contributed by atoms with Gasteiger partial charge in [-0.2, -0.15) is 4.98 Å². The number of benzene rings is 1. The van der Waals surface area contributed by atoms with Gasteiger partial charge in [0.1, 0.15) is 5.69 Å². The zero-order valence-electron chi connectivity index (χ0n) is 26.4. The molecule has 2 aromatic rings. The zero-order chi connectivity index (χ0) is 28.4. The normalized spacial score (nSPS) is 16.3. The van der Waals surface area contributed by atoms with E-state index in [-0.39, 0.29) is 39.2 Å². The first-order valence-electron chi connectivity index (χ1n) is 15.1. The number of nitrogens with one attached hydrogen (secondary N) is 1. The van der Waals surface area contributed by atoms with Crippen LogP contribution in [0.2, 0.25) is 0 Å². The molecular weight excluding hydrogens is 686 g/mol. The van der Waals surface area contributed by atoms with Crippen molar-refractivity contribution >= 4 is 17.2 Å². The number of aromatic hydroxyl groups is 1. The first-order valence-corrected chi connectivity index (χ1v) is 15.1. The number of nitrogens with two attached hydrogens (primary N) is 1. The summed E-state index contributed by atoms with van der Waals surface area (Å²) in [6.45, 7) is 19.5. The molecule has 1 aromatic heterocycles. The average molecular weight is 741 g/mol. The number of nitrogens with zero attached hydrogens (tertiary/aromatic N) is 5. The fraction of sp³-hybridized carbons (Fsp3) is 0.677. The summed E-state index contributed by atoms with van der Waals surface area (Å²) < 4.78 is 6.11. The molecule has 2 aliphatic rings. The SMILES string of the molecule is CCC.CCc1nc(O)c(Nc2ccc(N3CCC(N4CCN(C)CC4)CC3)c(C)c2)nc1OC(CC)CC.[NH2-].[W]. The minimum absolute atomic E-state index is 0. The van der Waals surface area contributed by atoms with Gasteiger partial charge < -0.3 is 31.1 Å².